The van der Waals surface area contributed by atoms with Gasteiger partial charge in [-0.2, -0.15) is 0 Å². The molecule has 2 aromatic rings. The van der Waals surface area contributed by atoms with Crippen LogP contribution in [0.4, 0.5) is 0 Å². The number of benzene rings is 2. The number of nitrogens with one attached hydrogen (secondary N) is 1. The third kappa shape index (κ3) is 2.63. The SMILES string of the molecule is CC(NCC(N)=O)c1cccc2ccccc12. The fourth-order valence-electron chi connectivity index (χ4n) is 1.99. The number of hydrogen-bond acceptors (Lipinski definition) is 2. The van der Waals surface area contributed by atoms with Gasteiger partial charge in [0, 0.05) is 6.04 Å². The molecule has 1 amide bonds. The summed E-state index contributed by atoms with van der Waals surface area (Å²) in [6, 6.07) is 14.5. The predicted octanol–water partition coefficient (Wildman–Crippen LogP) is 1.98. The van der Waals surface area contributed by atoms with E-state index >= 15 is 0 Å². The molecular weight excluding hydrogens is 212 g/mol. The van der Waals surface area contributed by atoms with Gasteiger partial charge in [0.25, 0.3) is 0 Å². The molecule has 3 heteroatoms. The normalized spacial score (nSPS) is 12.5. The van der Waals surface area contributed by atoms with Crippen LogP contribution in [0.25, 0.3) is 10.8 Å². The van der Waals surface area contributed by atoms with Crippen molar-refractivity contribution in [3.63, 3.8) is 0 Å². The molecule has 1 atom stereocenters. The van der Waals surface area contributed by atoms with E-state index in [-0.39, 0.29) is 18.5 Å². The molecule has 0 fully saturated rings. The van der Waals surface area contributed by atoms with Crippen molar-refractivity contribution in [1.82, 2.24) is 5.32 Å². The van der Waals surface area contributed by atoms with Crippen molar-refractivity contribution in [2.75, 3.05) is 6.54 Å². The topological polar surface area (TPSA) is 55.1 Å². The van der Waals surface area contributed by atoms with Crippen molar-refractivity contribution < 1.29 is 4.79 Å². The highest BCUT2D eigenvalue weighted by molar-refractivity contribution is 5.86. The zero-order valence-corrected chi connectivity index (χ0v) is 9.81. The van der Waals surface area contributed by atoms with Crippen molar-refractivity contribution >= 4 is 16.7 Å². The maximum absolute atomic E-state index is 10.8. The summed E-state index contributed by atoms with van der Waals surface area (Å²) in [5.41, 5.74) is 6.31. The standard InChI is InChI=1S/C14H16N2O/c1-10(16-9-14(15)17)12-8-4-6-11-5-2-3-7-13(11)12/h2-8,10,16H,9H2,1H3,(H2,15,17). The predicted molar refractivity (Wildman–Crippen MR) is 69.6 cm³/mol. The summed E-state index contributed by atoms with van der Waals surface area (Å²) in [4.78, 5) is 10.8. The number of carbonyl (C=O) groups excluding carboxylic acids is 1. The molecule has 0 saturated carbocycles. The Morgan fingerprint density at radius 2 is 1.94 bits per heavy atom. The fourth-order valence-corrected chi connectivity index (χ4v) is 1.99. The van der Waals surface area contributed by atoms with Gasteiger partial charge in [-0.25, -0.2) is 0 Å². The van der Waals surface area contributed by atoms with Crippen LogP contribution in [0.1, 0.15) is 18.5 Å². The third-order valence-corrected chi connectivity index (χ3v) is 2.87. The Morgan fingerprint density at radius 1 is 1.24 bits per heavy atom. The Bertz CT molecular complexity index is 531. The van der Waals surface area contributed by atoms with Crippen molar-refractivity contribution in [3.05, 3.63) is 48.0 Å². The second-order valence-corrected chi connectivity index (χ2v) is 4.14. The van der Waals surface area contributed by atoms with Crippen LogP contribution in [0.2, 0.25) is 0 Å². The van der Waals surface area contributed by atoms with Gasteiger partial charge in [-0.1, -0.05) is 42.5 Å². The molecule has 0 aliphatic carbocycles. The molecule has 2 aromatic carbocycles. The lowest BCUT2D eigenvalue weighted by molar-refractivity contribution is -0.117. The highest BCUT2D eigenvalue weighted by atomic mass is 16.1. The zero-order valence-electron chi connectivity index (χ0n) is 9.81. The molecule has 0 aromatic heterocycles. The van der Waals surface area contributed by atoms with Crippen LogP contribution in [0.3, 0.4) is 0 Å². The Morgan fingerprint density at radius 3 is 2.71 bits per heavy atom. The Balaban J connectivity index is 2.31. The van der Waals surface area contributed by atoms with E-state index in [1.807, 2.05) is 25.1 Å². The lowest BCUT2D eigenvalue weighted by atomic mass is 10.00. The quantitative estimate of drug-likeness (QED) is 0.840. The average molecular weight is 228 g/mol. The summed E-state index contributed by atoms with van der Waals surface area (Å²) in [7, 11) is 0. The van der Waals surface area contributed by atoms with Crippen LogP contribution < -0.4 is 11.1 Å². The van der Waals surface area contributed by atoms with Gasteiger partial charge in [0.15, 0.2) is 0 Å². The fraction of sp³-hybridized carbons (Fsp3) is 0.214. The highest BCUT2D eigenvalue weighted by Gasteiger charge is 2.08. The van der Waals surface area contributed by atoms with Crippen LogP contribution in [-0.4, -0.2) is 12.5 Å². The van der Waals surface area contributed by atoms with E-state index in [1.165, 1.54) is 16.3 Å². The number of primary amides is 1. The van der Waals surface area contributed by atoms with Crippen LogP contribution in [0, 0.1) is 0 Å². The van der Waals surface area contributed by atoms with Crippen molar-refractivity contribution in [1.29, 1.82) is 0 Å². The van der Waals surface area contributed by atoms with E-state index in [0.717, 1.165) is 0 Å². The number of rotatable bonds is 4. The van der Waals surface area contributed by atoms with E-state index in [9.17, 15) is 4.79 Å². The number of amides is 1. The lowest BCUT2D eigenvalue weighted by Gasteiger charge is -2.15. The lowest BCUT2D eigenvalue weighted by Crippen LogP contribution is -2.30. The first-order valence-electron chi connectivity index (χ1n) is 5.68. The average Bonchev–Trinajstić information content (AvgIpc) is 2.35. The minimum Gasteiger partial charge on any atom is -0.369 e. The minimum atomic E-state index is -0.336. The van der Waals surface area contributed by atoms with Crippen molar-refractivity contribution in [2.45, 2.75) is 13.0 Å². The number of carbonyl (C=O) groups is 1. The molecule has 0 aliphatic rings. The van der Waals surface area contributed by atoms with E-state index in [2.05, 4.69) is 29.6 Å². The van der Waals surface area contributed by atoms with Crippen LogP contribution in [-0.2, 0) is 4.79 Å². The summed E-state index contributed by atoms with van der Waals surface area (Å²) in [6.45, 7) is 2.23. The van der Waals surface area contributed by atoms with Crippen LogP contribution in [0.15, 0.2) is 42.5 Å². The van der Waals surface area contributed by atoms with Gasteiger partial charge in [-0.15, -0.1) is 0 Å². The van der Waals surface area contributed by atoms with Gasteiger partial charge < -0.3 is 11.1 Å². The number of nitrogens with two attached hydrogens (primary N) is 1. The first kappa shape index (κ1) is 11.6. The molecule has 3 N–H and O–H groups in total. The number of hydrogen-bond donors (Lipinski definition) is 2. The summed E-state index contributed by atoms with van der Waals surface area (Å²) in [5, 5.41) is 5.53. The van der Waals surface area contributed by atoms with E-state index in [1.54, 1.807) is 0 Å². The van der Waals surface area contributed by atoms with Gasteiger partial charge in [0.2, 0.25) is 5.91 Å². The smallest absolute Gasteiger partial charge is 0.231 e. The molecule has 3 nitrogen and oxygen atoms in total. The van der Waals surface area contributed by atoms with Crippen molar-refractivity contribution in [3.8, 4) is 0 Å². The van der Waals surface area contributed by atoms with Gasteiger partial charge in [-0.3, -0.25) is 4.79 Å². The summed E-state index contributed by atoms with van der Waals surface area (Å²) >= 11 is 0. The largest absolute Gasteiger partial charge is 0.369 e. The summed E-state index contributed by atoms with van der Waals surface area (Å²) < 4.78 is 0. The van der Waals surface area contributed by atoms with Crippen LogP contribution >= 0.6 is 0 Å². The van der Waals surface area contributed by atoms with Gasteiger partial charge >= 0.3 is 0 Å². The summed E-state index contributed by atoms with van der Waals surface area (Å²) in [6.07, 6.45) is 0. The Labute approximate surface area is 101 Å². The maximum atomic E-state index is 10.8. The summed E-state index contributed by atoms with van der Waals surface area (Å²) in [5.74, 6) is -0.336. The highest BCUT2D eigenvalue weighted by Crippen LogP contribution is 2.23. The number of fused-ring (bicyclic) bond motifs is 1. The van der Waals surface area contributed by atoms with Crippen LogP contribution in [0.5, 0.6) is 0 Å². The Kier molecular flexibility index (Phi) is 3.40. The maximum Gasteiger partial charge on any atom is 0.231 e. The molecule has 2 rings (SSSR count). The Hall–Kier alpha value is -1.87. The van der Waals surface area contributed by atoms with E-state index in [4.69, 9.17) is 5.73 Å². The first-order valence-corrected chi connectivity index (χ1v) is 5.68. The van der Waals surface area contributed by atoms with E-state index < -0.39 is 0 Å². The van der Waals surface area contributed by atoms with Gasteiger partial charge in [0.05, 0.1) is 6.54 Å². The third-order valence-electron chi connectivity index (χ3n) is 2.87. The second kappa shape index (κ2) is 4.97. The minimum absolute atomic E-state index is 0.105. The molecule has 88 valence electrons. The van der Waals surface area contributed by atoms with E-state index in [0.29, 0.717) is 0 Å². The molecule has 0 spiro atoms. The molecule has 0 heterocycles. The second-order valence-electron chi connectivity index (χ2n) is 4.14. The molecule has 0 radical (unpaired) electrons. The molecule has 17 heavy (non-hydrogen) atoms. The molecule has 0 saturated heterocycles. The molecule has 0 aliphatic heterocycles. The first-order chi connectivity index (χ1) is 8.18. The van der Waals surface area contributed by atoms with Gasteiger partial charge in [0.1, 0.15) is 0 Å². The molecular formula is C14H16N2O. The zero-order chi connectivity index (χ0) is 12.3. The monoisotopic (exact) mass is 228 g/mol. The van der Waals surface area contributed by atoms with Gasteiger partial charge in [-0.05, 0) is 23.3 Å². The van der Waals surface area contributed by atoms with Crippen molar-refractivity contribution in [2.24, 2.45) is 5.73 Å². The molecule has 0 bridgehead atoms. The molecule has 1 unspecified atom stereocenters.